The van der Waals surface area contributed by atoms with E-state index in [2.05, 4.69) is 43.5 Å². The summed E-state index contributed by atoms with van der Waals surface area (Å²) in [4.78, 5) is 0. The first-order chi connectivity index (χ1) is 8.19. The lowest BCUT2D eigenvalue weighted by molar-refractivity contribution is 0.353. The van der Waals surface area contributed by atoms with Gasteiger partial charge in [-0.2, -0.15) is 0 Å². The highest BCUT2D eigenvalue weighted by molar-refractivity contribution is 5.23. The number of hydrogen-bond acceptors (Lipinski definition) is 2. The second-order valence-corrected chi connectivity index (χ2v) is 5.64. The fourth-order valence-electron chi connectivity index (χ4n) is 3.07. The summed E-state index contributed by atoms with van der Waals surface area (Å²) in [6.45, 7) is 4.49. The maximum Gasteiger partial charge on any atom is 0.0279 e. The van der Waals surface area contributed by atoms with E-state index in [1.54, 1.807) is 0 Å². The Morgan fingerprint density at radius 2 is 2.24 bits per heavy atom. The molecule has 1 aromatic rings. The monoisotopic (exact) mass is 232 g/mol. The first-order valence-electron chi connectivity index (χ1n) is 6.70. The first-order valence-corrected chi connectivity index (χ1v) is 6.70. The van der Waals surface area contributed by atoms with Crippen LogP contribution in [-0.4, -0.2) is 6.04 Å². The Hall–Kier alpha value is -0.860. The Balaban J connectivity index is 2.00. The van der Waals surface area contributed by atoms with E-state index in [4.69, 9.17) is 5.84 Å². The molecule has 2 nitrogen and oxygen atoms in total. The molecule has 94 valence electrons. The Bertz CT molecular complexity index is 362. The van der Waals surface area contributed by atoms with Crippen LogP contribution >= 0.6 is 0 Å². The largest absolute Gasteiger partial charge is 0.271 e. The summed E-state index contributed by atoms with van der Waals surface area (Å²) in [7, 11) is 0. The molecule has 1 saturated carbocycles. The number of nitrogens with one attached hydrogen (secondary N) is 1. The van der Waals surface area contributed by atoms with Gasteiger partial charge in [0.1, 0.15) is 0 Å². The van der Waals surface area contributed by atoms with Gasteiger partial charge in [-0.25, -0.2) is 0 Å². The van der Waals surface area contributed by atoms with Crippen molar-refractivity contribution < 1.29 is 0 Å². The highest BCUT2D eigenvalue weighted by Gasteiger charge is 2.28. The molecule has 0 aromatic heterocycles. The standard InChI is InChI=1S/C15H24N2/c1-11-4-3-5-13(8-11)10-15(17-16)14-7-6-12(2)9-14/h3-5,8,12,14-15,17H,6-7,9-10,16H2,1-2H3. The Labute approximate surface area is 105 Å². The average molecular weight is 232 g/mol. The molecular formula is C15H24N2. The van der Waals surface area contributed by atoms with Gasteiger partial charge in [0.2, 0.25) is 0 Å². The molecule has 0 radical (unpaired) electrons. The van der Waals surface area contributed by atoms with E-state index in [0.717, 1.165) is 18.3 Å². The fourth-order valence-corrected chi connectivity index (χ4v) is 3.07. The van der Waals surface area contributed by atoms with Crippen LogP contribution in [0.5, 0.6) is 0 Å². The zero-order chi connectivity index (χ0) is 12.3. The van der Waals surface area contributed by atoms with Crippen molar-refractivity contribution in [1.29, 1.82) is 0 Å². The van der Waals surface area contributed by atoms with Gasteiger partial charge in [0, 0.05) is 6.04 Å². The molecule has 0 spiro atoms. The molecule has 3 N–H and O–H groups in total. The van der Waals surface area contributed by atoms with Gasteiger partial charge in [0.15, 0.2) is 0 Å². The number of benzene rings is 1. The highest BCUT2D eigenvalue weighted by atomic mass is 15.2. The fraction of sp³-hybridized carbons (Fsp3) is 0.600. The smallest absolute Gasteiger partial charge is 0.0279 e. The average Bonchev–Trinajstić information content (AvgIpc) is 2.73. The number of rotatable bonds is 4. The molecule has 2 heteroatoms. The van der Waals surface area contributed by atoms with Gasteiger partial charge in [-0.1, -0.05) is 43.2 Å². The minimum absolute atomic E-state index is 0.432. The number of hydrogen-bond donors (Lipinski definition) is 2. The molecule has 0 bridgehead atoms. The maximum atomic E-state index is 5.73. The Morgan fingerprint density at radius 3 is 2.82 bits per heavy atom. The molecule has 0 heterocycles. The molecular weight excluding hydrogens is 208 g/mol. The van der Waals surface area contributed by atoms with Crippen molar-refractivity contribution in [2.75, 3.05) is 0 Å². The molecule has 0 amide bonds. The lowest BCUT2D eigenvalue weighted by Crippen LogP contribution is -2.41. The van der Waals surface area contributed by atoms with Crippen molar-refractivity contribution in [2.24, 2.45) is 17.7 Å². The lowest BCUT2D eigenvalue weighted by atomic mass is 9.91. The summed E-state index contributed by atoms with van der Waals surface area (Å²) in [6, 6.07) is 9.18. The second kappa shape index (κ2) is 5.65. The van der Waals surface area contributed by atoms with Crippen LogP contribution in [0, 0.1) is 18.8 Å². The zero-order valence-corrected chi connectivity index (χ0v) is 10.9. The summed E-state index contributed by atoms with van der Waals surface area (Å²) in [6.07, 6.45) is 5.05. The van der Waals surface area contributed by atoms with Crippen molar-refractivity contribution in [2.45, 2.75) is 45.6 Å². The zero-order valence-electron chi connectivity index (χ0n) is 10.9. The topological polar surface area (TPSA) is 38.0 Å². The van der Waals surface area contributed by atoms with Gasteiger partial charge in [0.25, 0.3) is 0 Å². The maximum absolute atomic E-state index is 5.73. The van der Waals surface area contributed by atoms with Gasteiger partial charge < -0.3 is 0 Å². The van der Waals surface area contributed by atoms with Crippen LogP contribution in [0.3, 0.4) is 0 Å². The SMILES string of the molecule is Cc1cccc(CC(NN)C2CCC(C)C2)c1. The molecule has 1 aliphatic rings. The van der Waals surface area contributed by atoms with Crippen LogP contribution in [0.2, 0.25) is 0 Å². The van der Waals surface area contributed by atoms with Crippen molar-refractivity contribution >= 4 is 0 Å². The molecule has 1 aliphatic carbocycles. The van der Waals surface area contributed by atoms with E-state index in [9.17, 15) is 0 Å². The number of hydrazine groups is 1. The van der Waals surface area contributed by atoms with Crippen molar-refractivity contribution in [3.63, 3.8) is 0 Å². The van der Waals surface area contributed by atoms with Crippen LogP contribution in [0.25, 0.3) is 0 Å². The molecule has 1 fully saturated rings. The second-order valence-electron chi connectivity index (χ2n) is 5.64. The molecule has 2 rings (SSSR count). The van der Waals surface area contributed by atoms with E-state index < -0.39 is 0 Å². The quantitative estimate of drug-likeness (QED) is 0.619. The van der Waals surface area contributed by atoms with Gasteiger partial charge in [0.05, 0.1) is 0 Å². The predicted molar refractivity (Wildman–Crippen MR) is 72.5 cm³/mol. The minimum Gasteiger partial charge on any atom is -0.271 e. The third kappa shape index (κ3) is 3.30. The van der Waals surface area contributed by atoms with Crippen molar-refractivity contribution in [1.82, 2.24) is 5.43 Å². The van der Waals surface area contributed by atoms with Gasteiger partial charge in [-0.15, -0.1) is 0 Å². The Morgan fingerprint density at radius 1 is 1.41 bits per heavy atom. The number of aryl methyl sites for hydroxylation is 1. The highest BCUT2D eigenvalue weighted by Crippen LogP contribution is 2.33. The van der Waals surface area contributed by atoms with Crippen molar-refractivity contribution in [3.8, 4) is 0 Å². The summed E-state index contributed by atoms with van der Waals surface area (Å²) in [5, 5.41) is 0. The lowest BCUT2D eigenvalue weighted by Gasteiger charge is -2.23. The summed E-state index contributed by atoms with van der Waals surface area (Å²) in [5.41, 5.74) is 5.76. The third-order valence-corrected chi connectivity index (χ3v) is 4.06. The van der Waals surface area contributed by atoms with E-state index in [1.165, 1.54) is 30.4 Å². The predicted octanol–water partition coefficient (Wildman–Crippen LogP) is 2.81. The Kier molecular flexibility index (Phi) is 4.19. The van der Waals surface area contributed by atoms with Crippen molar-refractivity contribution in [3.05, 3.63) is 35.4 Å². The molecule has 17 heavy (non-hydrogen) atoms. The molecule has 3 unspecified atom stereocenters. The molecule has 0 aliphatic heterocycles. The third-order valence-electron chi connectivity index (χ3n) is 4.06. The first kappa shape index (κ1) is 12.6. The van der Waals surface area contributed by atoms with Gasteiger partial charge >= 0.3 is 0 Å². The molecule has 3 atom stereocenters. The normalized spacial score (nSPS) is 26.1. The van der Waals surface area contributed by atoms with Crippen LogP contribution in [0.4, 0.5) is 0 Å². The van der Waals surface area contributed by atoms with Gasteiger partial charge in [-0.3, -0.25) is 11.3 Å². The summed E-state index contributed by atoms with van der Waals surface area (Å²) in [5.74, 6) is 7.35. The molecule has 0 saturated heterocycles. The van der Waals surface area contributed by atoms with Crippen LogP contribution < -0.4 is 11.3 Å². The number of nitrogens with two attached hydrogens (primary N) is 1. The molecule has 1 aromatic carbocycles. The van der Waals surface area contributed by atoms with E-state index in [1.807, 2.05) is 0 Å². The van der Waals surface area contributed by atoms with Gasteiger partial charge in [-0.05, 0) is 43.6 Å². The van der Waals surface area contributed by atoms with Crippen LogP contribution in [-0.2, 0) is 6.42 Å². The van der Waals surface area contributed by atoms with Crippen LogP contribution in [0.15, 0.2) is 24.3 Å². The van der Waals surface area contributed by atoms with E-state index in [0.29, 0.717) is 6.04 Å². The van der Waals surface area contributed by atoms with E-state index in [-0.39, 0.29) is 0 Å². The van der Waals surface area contributed by atoms with Crippen LogP contribution in [0.1, 0.15) is 37.3 Å². The summed E-state index contributed by atoms with van der Waals surface area (Å²) >= 11 is 0. The summed E-state index contributed by atoms with van der Waals surface area (Å²) < 4.78 is 0. The minimum atomic E-state index is 0.432. The van der Waals surface area contributed by atoms with E-state index >= 15 is 0 Å².